The number of benzene rings is 2. The maximum Gasteiger partial charge on any atom is 0.335 e. The summed E-state index contributed by atoms with van der Waals surface area (Å²) in [5.74, 6) is 1.96. The summed E-state index contributed by atoms with van der Waals surface area (Å²) in [4.78, 5) is 30.4. The van der Waals surface area contributed by atoms with Crippen LogP contribution < -0.4 is 4.74 Å². The number of hydrogen-bond donors (Lipinski definition) is 1. The lowest BCUT2D eigenvalue weighted by Gasteiger charge is -2.12. The van der Waals surface area contributed by atoms with Crippen molar-refractivity contribution in [1.82, 2.24) is 4.90 Å². The van der Waals surface area contributed by atoms with Crippen molar-refractivity contribution < 1.29 is 19.4 Å². The number of thioether (sulfide) groups is 1. The summed E-state index contributed by atoms with van der Waals surface area (Å²) in [5, 5.41) is 9.55. The second kappa shape index (κ2) is 9.13. The summed E-state index contributed by atoms with van der Waals surface area (Å²) in [5.41, 5.74) is 1.63. The number of carbonyl (C=O) groups excluding carboxylic acids is 1. The number of ether oxygens (including phenoxy) is 1. The minimum absolute atomic E-state index is 0.119. The molecule has 0 radical (unpaired) electrons. The summed E-state index contributed by atoms with van der Waals surface area (Å²) in [6.45, 7) is 2.56. The molecule has 29 heavy (non-hydrogen) atoms. The Hall–Kier alpha value is -3.50. The third kappa shape index (κ3) is 4.86. The van der Waals surface area contributed by atoms with Crippen molar-refractivity contribution in [1.29, 1.82) is 0 Å². The van der Waals surface area contributed by atoms with Crippen molar-refractivity contribution in [3.63, 3.8) is 0 Å². The van der Waals surface area contributed by atoms with Crippen LogP contribution in [0.3, 0.4) is 0 Å². The molecule has 2 aromatic rings. The van der Waals surface area contributed by atoms with Crippen molar-refractivity contribution in [2.45, 2.75) is 6.92 Å². The molecule has 1 saturated heterocycles. The zero-order valence-electron chi connectivity index (χ0n) is 15.7. The molecule has 146 valence electrons. The summed E-state index contributed by atoms with van der Waals surface area (Å²) in [6, 6.07) is 13.5. The number of carboxylic acid groups (broad SMARTS) is 1. The number of terminal acetylenes is 1. The number of hydrogen-bond acceptors (Lipinski definition) is 5. The fourth-order valence-electron chi connectivity index (χ4n) is 2.60. The molecule has 1 aliphatic rings. The Morgan fingerprint density at radius 1 is 1.24 bits per heavy atom. The van der Waals surface area contributed by atoms with Gasteiger partial charge in [-0.25, -0.2) is 9.79 Å². The Balaban J connectivity index is 1.82. The molecule has 0 aliphatic carbocycles. The van der Waals surface area contributed by atoms with E-state index in [1.807, 2.05) is 19.1 Å². The van der Waals surface area contributed by atoms with Crippen LogP contribution in [0.2, 0.25) is 0 Å². The van der Waals surface area contributed by atoms with E-state index in [4.69, 9.17) is 16.3 Å². The van der Waals surface area contributed by atoms with Gasteiger partial charge >= 0.3 is 5.97 Å². The van der Waals surface area contributed by atoms with Crippen LogP contribution in [0.25, 0.3) is 6.08 Å². The Bertz CT molecular complexity index is 1020. The van der Waals surface area contributed by atoms with Crippen LogP contribution in [0, 0.1) is 12.3 Å². The van der Waals surface area contributed by atoms with E-state index < -0.39 is 5.97 Å². The minimum Gasteiger partial charge on any atom is -0.481 e. The number of likely N-dealkylation sites (N-methyl/N-ethyl adjacent to an activating group) is 1. The highest BCUT2D eigenvalue weighted by atomic mass is 32.2. The number of aromatic carboxylic acids is 1. The lowest BCUT2D eigenvalue weighted by Crippen LogP contribution is -2.28. The Labute approximate surface area is 172 Å². The maximum absolute atomic E-state index is 12.7. The molecule has 0 bridgehead atoms. The SMILES string of the molecule is C#CCOc1ccc(/C=C2\SC(=Nc3ccc(C(=O)O)cc3)N(CC)C2=O)cc1. The van der Waals surface area contributed by atoms with E-state index in [1.54, 1.807) is 35.2 Å². The van der Waals surface area contributed by atoms with Crippen LogP contribution in [0.1, 0.15) is 22.8 Å². The number of amides is 1. The number of rotatable bonds is 6. The Morgan fingerprint density at radius 3 is 2.52 bits per heavy atom. The summed E-state index contributed by atoms with van der Waals surface area (Å²) < 4.78 is 5.35. The van der Waals surface area contributed by atoms with Gasteiger partial charge in [-0.15, -0.1) is 6.42 Å². The molecule has 0 saturated carbocycles. The van der Waals surface area contributed by atoms with Gasteiger partial charge in [0, 0.05) is 6.54 Å². The van der Waals surface area contributed by atoms with Crippen LogP contribution in [-0.4, -0.2) is 40.2 Å². The van der Waals surface area contributed by atoms with Gasteiger partial charge in [0.1, 0.15) is 12.4 Å². The summed E-state index contributed by atoms with van der Waals surface area (Å²) in [6.07, 6.45) is 6.98. The highest BCUT2D eigenvalue weighted by Gasteiger charge is 2.32. The zero-order chi connectivity index (χ0) is 20.8. The third-order valence-electron chi connectivity index (χ3n) is 4.04. The summed E-state index contributed by atoms with van der Waals surface area (Å²) >= 11 is 1.28. The lowest BCUT2D eigenvalue weighted by molar-refractivity contribution is -0.122. The number of nitrogens with zero attached hydrogens (tertiary/aromatic N) is 2. The third-order valence-corrected chi connectivity index (χ3v) is 5.05. The summed E-state index contributed by atoms with van der Waals surface area (Å²) in [7, 11) is 0. The molecule has 1 heterocycles. The van der Waals surface area contributed by atoms with Crippen molar-refractivity contribution in [3.05, 3.63) is 64.6 Å². The Kier molecular flexibility index (Phi) is 6.37. The molecule has 1 fully saturated rings. The van der Waals surface area contributed by atoms with E-state index in [9.17, 15) is 9.59 Å². The zero-order valence-corrected chi connectivity index (χ0v) is 16.5. The average molecular weight is 406 g/mol. The molecule has 0 atom stereocenters. The van der Waals surface area contributed by atoms with E-state index in [0.717, 1.165) is 5.56 Å². The van der Waals surface area contributed by atoms with Crippen LogP contribution in [0.4, 0.5) is 5.69 Å². The van der Waals surface area contributed by atoms with Gasteiger partial charge in [0.2, 0.25) is 0 Å². The fourth-order valence-corrected chi connectivity index (χ4v) is 3.66. The van der Waals surface area contributed by atoms with Gasteiger partial charge < -0.3 is 9.84 Å². The van der Waals surface area contributed by atoms with Gasteiger partial charge in [-0.1, -0.05) is 18.1 Å². The normalized spacial score (nSPS) is 16.3. The predicted octanol–water partition coefficient (Wildman–Crippen LogP) is 4.02. The quantitative estimate of drug-likeness (QED) is 0.579. The Morgan fingerprint density at radius 2 is 1.93 bits per heavy atom. The molecule has 6 nitrogen and oxygen atoms in total. The lowest BCUT2D eigenvalue weighted by atomic mass is 10.2. The van der Waals surface area contributed by atoms with Crippen molar-refractivity contribution in [3.8, 4) is 18.1 Å². The predicted molar refractivity (Wildman–Crippen MR) is 114 cm³/mol. The van der Waals surface area contributed by atoms with Crippen molar-refractivity contribution in [2.75, 3.05) is 13.2 Å². The van der Waals surface area contributed by atoms with Gasteiger partial charge in [0.15, 0.2) is 5.17 Å². The molecular weight excluding hydrogens is 388 g/mol. The molecule has 0 unspecified atom stereocenters. The van der Waals surface area contributed by atoms with E-state index in [1.165, 1.54) is 23.9 Å². The molecular formula is C22H18N2O4S. The second-order valence-electron chi connectivity index (χ2n) is 5.97. The molecule has 0 aromatic heterocycles. The first-order valence-corrected chi connectivity index (χ1v) is 9.63. The van der Waals surface area contributed by atoms with Gasteiger partial charge in [0.25, 0.3) is 5.91 Å². The number of carbonyl (C=O) groups is 2. The largest absolute Gasteiger partial charge is 0.481 e. The van der Waals surface area contributed by atoms with Gasteiger partial charge in [-0.05, 0) is 66.7 Å². The molecule has 1 amide bonds. The molecule has 3 rings (SSSR count). The first kappa shape index (κ1) is 20.2. The van der Waals surface area contributed by atoms with Gasteiger partial charge in [0.05, 0.1) is 16.2 Å². The minimum atomic E-state index is -0.995. The molecule has 0 spiro atoms. The fraction of sp³-hybridized carbons (Fsp3) is 0.136. The standard InChI is InChI=1S/C22H18N2O4S/c1-3-13-28-18-11-5-15(6-12-18)14-19-20(25)24(4-2)22(29-19)23-17-9-7-16(8-10-17)21(26)27/h1,5-12,14H,4,13H2,2H3,(H,26,27)/b19-14-,23-22?. The molecule has 7 heteroatoms. The molecule has 1 N–H and O–H groups in total. The van der Waals surface area contributed by atoms with E-state index in [0.29, 0.717) is 28.1 Å². The van der Waals surface area contributed by atoms with E-state index in [2.05, 4.69) is 10.9 Å². The highest BCUT2D eigenvalue weighted by molar-refractivity contribution is 8.18. The topological polar surface area (TPSA) is 79.2 Å². The first-order chi connectivity index (χ1) is 14.0. The van der Waals surface area contributed by atoms with Crippen LogP contribution >= 0.6 is 11.8 Å². The number of aliphatic imine (C=N–C) groups is 1. The van der Waals surface area contributed by atoms with Crippen LogP contribution in [0.15, 0.2) is 58.4 Å². The van der Waals surface area contributed by atoms with E-state index >= 15 is 0 Å². The average Bonchev–Trinajstić information content (AvgIpc) is 3.01. The molecule has 1 aliphatic heterocycles. The van der Waals surface area contributed by atoms with Gasteiger partial charge in [-0.2, -0.15) is 0 Å². The van der Waals surface area contributed by atoms with Crippen molar-refractivity contribution in [2.24, 2.45) is 4.99 Å². The monoisotopic (exact) mass is 406 g/mol. The highest BCUT2D eigenvalue weighted by Crippen LogP contribution is 2.34. The maximum atomic E-state index is 12.7. The first-order valence-electron chi connectivity index (χ1n) is 8.81. The second-order valence-corrected chi connectivity index (χ2v) is 6.98. The smallest absolute Gasteiger partial charge is 0.335 e. The molecule has 2 aromatic carbocycles. The van der Waals surface area contributed by atoms with Crippen LogP contribution in [0.5, 0.6) is 5.75 Å². The number of carboxylic acids is 1. The van der Waals surface area contributed by atoms with E-state index in [-0.39, 0.29) is 18.1 Å². The van der Waals surface area contributed by atoms with Crippen molar-refractivity contribution >= 4 is 40.6 Å². The van der Waals surface area contributed by atoms with Gasteiger partial charge in [-0.3, -0.25) is 9.69 Å². The number of amidine groups is 1. The van der Waals surface area contributed by atoms with Crippen LogP contribution in [-0.2, 0) is 4.79 Å².